The van der Waals surface area contributed by atoms with Crippen molar-refractivity contribution in [3.63, 3.8) is 0 Å². The average Bonchev–Trinajstić information content (AvgIpc) is 3.11. The lowest BCUT2D eigenvalue weighted by Gasteiger charge is -2.20. The van der Waals surface area contributed by atoms with Crippen LogP contribution in [0.1, 0.15) is 34.1 Å². The van der Waals surface area contributed by atoms with Crippen molar-refractivity contribution in [2.45, 2.75) is 19.4 Å². The van der Waals surface area contributed by atoms with Gasteiger partial charge < -0.3 is 9.80 Å². The van der Waals surface area contributed by atoms with Crippen LogP contribution in [0.3, 0.4) is 0 Å². The van der Waals surface area contributed by atoms with Gasteiger partial charge in [0.2, 0.25) is 0 Å². The molecular weight excluding hydrogens is 331 g/mol. The number of nitrogens with zero attached hydrogens (tertiary/aromatic N) is 2. The normalized spacial score (nSPS) is 17.0. The second-order valence-corrected chi connectivity index (χ2v) is 6.98. The highest BCUT2D eigenvalue weighted by Gasteiger charge is 2.28. The maximum atomic E-state index is 13.6. The molecule has 1 unspecified atom stereocenters. The topological polar surface area (TPSA) is 40.6 Å². The summed E-state index contributed by atoms with van der Waals surface area (Å²) in [4.78, 5) is 28.5. The van der Waals surface area contributed by atoms with Gasteiger partial charge in [0.05, 0.1) is 0 Å². The SMILES string of the molecule is CC(=O)c1ccc(F)cc1-c1ccc(C(=O)N2CCC(N(C)C)C2)cc1. The lowest BCUT2D eigenvalue weighted by molar-refractivity contribution is 0.0783. The number of likely N-dealkylation sites (N-methyl/N-ethyl adjacent to an activating group) is 1. The standard InChI is InChI=1S/C21H23FN2O2/c1-14(25)19-9-8-17(22)12-20(19)15-4-6-16(7-5-15)21(26)24-11-10-18(13-24)23(2)3/h4-9,12,18H,10-11,13H2,1-3H3. The predicted molar refractivity (Wildman–Crippen MR) is 99.8 cm³/mol. The van der Waals surface area contributed by atoms with E-state index in [4.69, 9.17) is 0 Å². The minimum atomic E-state index is -0.392. The van der Waals surface area contributed by atoms with Crippen LogP contribution in [-0.2, 0) is 0 Å². The van der Waals surface area contributed by atoms with Gasteiger partial charge in [-0.2, -0.15) is 0 Å². The molecular formula is C21H23FN2O2. The number of Topliss-reactive ketones (excluding diaryl/α,β-unsaturated/α-hetero) is 1. The van der Waals surface area contributed by atoms with Gasteiger partial charge in [0.1, 0.15) is 5.82 Å². The van der Waals surface area contributed by atoms with Crippen molar-refractivity contribution in [3.05, 3.63) is 59.4 Å². The molecule has 3 rings (SSSR count). The highest BCUT2D eigenvalue weighted by atomic mass is 19.1. The number of ketones is 1. The Labute approximate surface area is 153 Å². The van der Waals surface area contributed by atoms with Crippen molar-refractivity contribution in [3.8, 4) is 11.1 Å². The monoisotopic (exact) mass is 354 g/mol. The second kappa shape index (κ2) is 7.38. The van der Waals surface area contributed by atoms with Crippen LogP contribution in [0.2, 0.25) is 0 Å². The van der Waals surface area contributed by atoms with Crippen LogP contribution in [-0.4, -0.2) is 54.7 Å². The van der Waals surface area contributed by atoms with Gasteiger partial charge in [0.15, 0.2) is 5.78 Å². The molecule has 4 nitrogen and oxygen atoms in total. The molecule has 0 saturated carbocycles. The molecule has 0 aliphatic carbocycles. The predicted octanol–water partition coefficient (Wildman–Crippen LogP) is 3.47. The first kappa shape index (κ1) is 18.3. The van der Waals surface area contributed by atoms with E-state index in [-0.39, 0.29) is 11.7 Å². The Morgan fingerprint density at radius 2 is 1.81 bits per heavy atom. The molecule has 26 heavy (non-hydrogen) atoms. The number of rotatable bonds is 4. The second-order valence-electron chi connectivity index (χ2n) is 6.98. The molecule has 0 N–H and O–H groups in total. The van der Waals surface area contributed by atoms with E-state index in [0.717, 1.165) is 25.1 Å². The van der Waals surface area contributed by atoms with E-state index in [2.05, 4.69) is 4.90 Å². The first-order chi connectivity index (χ1) is 12.4. The van der Waals surface area contributed by atoms with E-state index in [1.54, 1.807) is 24.3 Å². The largest absolute Gasteiger partial charge is 0.337 e. The highest BCUT2D eigenvalue weighted by Crippen LogP contribution is 2.26. The maximum Gasteiger partial charge on any atom is 0.253 e. The van der Waals surface area contributed by atoms with E-state index in [1.165, 1.54) is 25.1 Å². The fourth-order valence-electron chi connectivity index (χ4n) is 3.39. The van der Waals surface area contributed by atoms with Crippen molar-refractivity contribution in [1.82, 2.24) is 9.80 Å². The van der Waals surface area contributed by atoms with Crippen molar-refractivity contribution in [2.24, 2.45) is 0 Å². The van der Waals surface area contributed by atoms with Gasteiger partial charge >= 0.3 is 0 Å². The number of benzene rings is 2. The van der Waals surface area contributed by atoms with Crippen molar-refractivity contribution in [1.29, 1.82) is 0 Å². The molecule has 0 spiro atoms. The third-order valence-corrected chi connectivity index (χ3v) is 4.98. The zero-order valence-electron chi connectivity index (χ0n) is 15.3. The number of hydrogen-bond acceptors (Lipinski definition) is 3. The van der Waals surface area contributed by atoms with E-state index < -0.39 is 5.82 Å². The molecule has 1 fully saturated rings. The summed E-state index contributed by atoms with van der Waals surface area (Å²) in [5, 5.41) is 0. The van der Waals surface area contributed by atoms with Crippen LogP contribution in [0.15, 0.2) is 42.5 Å². The zero-order valence-corrected chi connectivity index (χ0v) is 15.3. The fourth-order valence-corrected chi connectivity index (χ4v) is 3.39. The molecule has 1 atom stereocenters. The Kier molecular flexibility index (Phi) is 5.18. The third kappa shape index (κ3) is 3.68. The molecule has 1 aliphatic rings. The Balaban J connectivity index is 1.83. The molecule has 136 valence electrons. The van der Waals surface area contributed by atoms with E-state index in [1.807, 2.05) is 19.0 Å². The summed E-state index contributed by atoms with van der Waals surface area (Å²) < 4.78 is 13.6. The molecule has 1 heterocycles. The summed E-state index contributed by atoms with van der Waals surface area (Å²) >= 11 is 0. The van der Waals surface area contributed by atoms with Crippen LogP contribution in [0.4, 0.5) is 4.39 Å². The molecule has 1 saturated heterocycles. The average molecular weight is 354 g/mol. The summed E-state index contributed by atoms with van der Waals surface area (Å²) in [7, 11) is 4.05. The number of likely N-dealkylation sites (tertiary alicyclic amines) is 1. The number of halogens is 1. The van der Waals surface area contributed by atoms with Gasteiger partial charge in [0, 0.05) is 30.3 Å². The minimum Gasteiger partial charge on any atom is -0.337 e. The van der Waals surface area contributed by atoms with E-state index in [0.29, 0.717) is 22.7 Å². The van der Waals surface area contributed by atoms with Crippen LogP contribution < -0.4 is 0 Å². The number of carbonyl (C=O) groups is 2. The molecule has 0 bridgehead atoms. The van der Waals surface area contributed by atoms with Gasteiger partial charge in [-0.25, -0.2) is 4.39 Å². The number of amides is 1. The molecule has 5 heteroatoms. The van der Waals surface area contributed by atoms with Crippen molar-refractivity contribution in [2.75, 3.05) is 27.2 Å². The van der Waals surface area contributed by atoms with E-state index >= 15 is 0 Å². The number of carbonyl (C=O) groups excluding carboxylic acids is 2. The third-order valence-electron chi connectivity index (χ3n) is 4.98. The quantitative estimate of drug-likeness (QED) is 0.790. The summed E-state index contributed by atoms with van der Waals surface area (Å²) in [5.74, 6) is -0.504. The molecule has 0 aromatic heterocycles. The number of hydrogen-bond donors (Lipinski definition) is 0. The van der Waals surface area contributed by atoms with Crippen LogP contribution in [0, 0.1) is 5.82 Å². The van der Waals surface area contributed by atoms with Gasteiger partial charge in [-0.1, -0.05) is 12.1 Å². The zero-order chi connectivity index (χ0) is 18.8. The van der Waals surface area contributed by atoms with Gasteiger partial charge in [-0.15, -0.1) is 0 Å². The lowest BCUT2D eigenvalue weighted by Crippen LogP contribution is -2.34. The summed E-state index contributed by atoms with van der Waals surface area (Å²) in [6.07, 6.45) is 0.974. The van der Waals surface area contributed by atoms with Crippen LogP contribution in [0.5, 0.6) is 0 Å². The summed E-state index contributed by atoms with van der Waals surface area (Å²) in [5.41, 5.74) is 2.34. The first-order valence-corrected chi connectivity index (χ1v) is 8.73. The highest BCUT2D eigenvalue weighted by molar-refractivity contribution is 6.01. The minimum absolute atomic E-state index is 0.00642. The molecule has 0 radical (unpaired) electrons. The maximum absolute atomic E-state index is 13.6. The van der Waals surface area contributed by atoms with Crippen LogP contribution in [0.25, 0.3) is 11.1 Å². The lowest BCUT2D eigenvalue weighted by atomic mass is 9.96. The molecule has 1 amide bonds. The molecule has 1 aliphatic heterocycles. The smallest absolute Gasteiger partial charge is 0.253 e. The van der Waals surface area contributed by atoms with Crippen LogP contribution >= 0.6 is 0 Å². The summed E-state index contributed by atoms with van der Waals surface area (Å²) in [6.45, 7) is 2.94. The van der Waals surface area contributed by atoms with E-state index in [9.17, 15) is 14.0 Å². The Morgan fingerprint density at radius 1 is 1.12 bits per heavy atom. The first-order valence-electron chi connectivity index (χ1n) is 8.73. The van der Waals surface area contributed by atoms with Gasteiger partial charge in [-0.3, -0.25) is 9.59 Å². The van der Waals surface area contributed by atoms with Crippen molar-refractivity contribution >= 4 is 11.7 Å². The fraction of sp³-hybridized carbons (Fsp3) is 0.333. The molecule has 2 aromatic rings. The molecule has 2 aromatic carbocycles. The Hall–Kier alpha value is -2.53. The summed E-state index contributed by atoms with van der Waals surface area (Å²) in [6, 6.07) is 11.6. The van der Waals surface area contributed by atoms with Crippen molar-refractivity contribution < 1.29 is 14.0 Å². The Morgan fingerprint density at radius 3 is 2.38 bits per heavy atom. The van der Waals surface area contributed by atoms with Gasteiger partial charge in [0.25, 0.3) is 5.91 Å². The van der Waals surface area contributed by atoms with Gasteiger partial charge in [-0.05, 0) is 68.9 Å². The Bertz CT molecular complexity index is 830.